The quantitative estimate of drug-likeness (QED) is 0.593. The van der Waals surface area contributed by atoms with Gasteiger partial charge in [0.25, 0.3) is 0 Å². The zero-order valence-corrected chi connectivity index (χ0v) is 17.5. The number of rotatable bonds is 6. The minimum atomic E-state index is -0.182. The normalized spacial score (nSPS) is 17.2. The smallest absolute Gasteiger partial charge is 0.123 e. The van der Waals surface area contributed by atoms with Gasteiger partial charge in [-0.2, -0.15) is 5.10 Å². The van der Waals surface area contributed by atoms with Crippen LogP contribution in [0, 0.1) is 19.7 Å². The second kappa shape index (κ2) is 8.46. The van der Waals surface area contributed by atoms with Crippen molar-refractivity contribution in [2.45, 2.75) is 59.2 Å². The monoisotopic (exact) mass is 392 g/mol. The summed E-state index contributed by atoms with van der Waals surface area (Å²) in [7, 11) is 0. The minimum Gasteiger partial charge on any atom is -0.290 e. The van der Waals surface area contributed by atoms with Crippen LogP contribution in [0.25, 0.3) is 0 Å². The highest BCUT2D eigenvalue weighted by molar-refractivity contribution is 5.30. The molecular formula is C24H29FN4. The van der Waals surface area contributed by atoms with Gasteiger partial charge >= 0.3 is 0 Å². The van der Waals surface area contributed by atoms with Crippen molar-refractivity contribution in [1.29, 1.82) is 0 Å². The van der Waals surface area contributed by atoms with Crippen LogP contribution >= 0.6 is 0 Å². The Kier molecular flexibility index (Phi) is 5.76. The fourth-order valence-corrected chi connectivity index (χ4v) is 4.37. The Morgan fingerprint density at radius 1 is 1.14 bits per heavy atom. The Hall–Kier alpha value is -2.53. The first kappa shape index (κ1) is 19.8. The van der Waals surface area contributed by atoms with E-state index in [2.05, 4.69) is 42.2 Å². The van der Waals surface area contributed by atoms with Gasteiger partial charge in [0.1, 0.15) is 5.82 Å². The lowest BCUT2D eigenvalue weighted by Crippen LogP contribution is -2.24. The Morgan fingerprint density at radius 2 is 2.00 bits per heavy atom. The molecule has 0 aliphatic carbocycles. The molecule has 0 spiro atoms. The van der Waals surface area contributed by atoms with E-state index >= 15 is 0 Å². The summed E-state index contributed by atoms with van der Waals surface area (Å²) in [5.74, 6) is -0.182. The molecule has 1 aliphatic rings. The lowest BCUT2D eigenvalue weighted by atomic mass is 10.0. The van der Waals surface area contributed by atoms with Gasteiger partial charge in [-0.25, -0.2) is 4.39 Å². The standard InChI is InChI=1S/C24H29FN4/c1-4-29-16-21(18(3)27-29)15-28-10-6-9-24(28)23-14-20(11-17(2)26-23)12-19-7-5-8-22(25)13-19/h5,7-8,11,13-14,16,24H,4,6,9-10,12,15H2,1-3H3/t24-/m1/s1. The van der Waals surface area contributed by atoms with Crippen molar-refractivity contribution in [2.75, 3.05) is 6.54 Å². The van der Waals surface area contributed by atoms with Crippen molar-refractivity contribution in [1.82, 2.24) is 19.7 Å². The molecule has 3 heterocycles. The van der Waals surface area contributed by atoms with Crippen LogP contribution in [0.2, 0.25) is 0 Å². The molecule has 4 nitrogen and oxygen atoms in total. The zero-order chi connectivity index (χ0) is 20.4. The van der Waals surface area contributed by atoms with E-state index in [0.717, 1.165) is 55.1 Å². The van der Waals surface area contributed by atoms with Crippen LogP contribution in [0.5, 0.6) is 0 Å². The van der Waals surface area contributed by atoms with E-state index < -0.39 is 0 Å². The third-order valence-corrected chi connectivity index (χ3v) is 5.78. The Morgan fingerprint density at radius 3 is 2.76 bits per heavy atom. The van der Waals surface area contributed by atoms with Gasteiger partial charge in [0.2, 0.25) is 0 Å². The number of hydrogen-bond acceptors (Lipinski definition) is 3. The maximum atomic E-state index is 13.6. The molecule has 152 valence electrons. The first-order valence-electron chi connectivity index (χ1n) is 10.5. The van der Waals surface area contributed by atoms with Gasteiger partial charge in [0.05, 0.1) is 17.4 Å². The highest BCUT2D eigenvalue weighted by atomic mass is 19.1. The molecule has 0 N–H and O–H groups in total. The van der Waals surface area contributed by atoms with Gasteiger partial charge in [-0.05, 0) is 82.0 Å². The van der Waals surface area contributed by atoms with Crippen LogP contribution in [0.4, 0.5) is 4.39 Å². The number of halogens is 1. The first-order valence-corrected chi connectivity index (χ1v) is 10.5. The number of aromatic nitrogens is 3. The second-order valence-electron chi connectivity index (χ2n) is 8.07. The molecule has 0 bridgehead atoms. The molecule has 29 heavy (non-hydrogen) atoms. The van der Waals surface area contributed by atoms with Crippen molar-refractivity contribution < 1.29 is 4.39 Å². The van der Waals surface area contributed by atoms with Gasteiger partial charge in [0.15, 0.2) is 0 Å². The molecule has 1 aliphatic heterocycles. The molecule has 0 radical (unpaired) electrons. The summed E-state index contributed by atoms with van der Waals surface area (Å²) in [6.45, 7) is 9.14. The number of hydrogen-bond donors (Lipinski definition) is 0. The highest BCUT2D eigenvalue weighted by Gasteiger charge is 2.28. The third-order valence-electron chi connectivity index (χ3n) is 5.78. The van der Waals surface area contributed by atoms with Crippen LogP contribution in [-0.2, 0) is 19.5 Å². The maximum Gasteiger partial charge on any atom is 0.123 e. The fraction of sp³-hybridized carbons (Fsp3) is 0.417. The van der Waals surface area contributed by atoms with E-state index in [9.17, 15) is 4.39 Å². The van der Waals surface area contributed by atoms with Gasteiger partial charge in [-0.1, -0.05) is 12.1 Å². The number of aryl methyl sites for hydroxylation is 3. The number of pyridine rings is 1. The molecule has 1 atom stereocenters. The number of benzene rings is 1. The van der Waals surface area contributed by atoms with Gasteiger partial charge in [-0.3, -0.25) is 14.6 Å². The lowest BCUT2D eigenvalue weighted by molar-refractivity contribution is 0.243. The molecule has 5 heteroatoms. The Balaban J connectivity index is 1.56. The van der Waals surface area contributed by atoms with E-state index in [1.807, 2.05) is 17.7 Å². The summed E-state index contributed by atoms with van der Waals surface area (Å²) < 4.78 is 15.6. The fourth-order valence-electron chi connectivity index (χ4n) is 4.37. The van der Waals surface area contributed by atoms with Gasteiger partial charge < -0.3 is 0 Å². The van der Waals surface area contributed by atoms with Crippen molar-refractivity contribution in [3.05, 3.63) is 82.2 Å². The molecule has 1 aromatic carbocycles. The first-order chi connectivity index (χ1) is 14.0. The lowest BCUT2D eigenvalue weighted by Gasteiger charge is -2.24. The van der Waals surface area contributed by atoms with Crippen LogP contribution in [-0.4, -0.2) is 26.2 Å². The summed E-state index contributed by atoms with van der Waals surface area (Å²) in [6, 6.07) is 11.5. The Labute approximate surface area is 172 Å². The van der Waals surface area contributed by atoms with E-state index in [0.29, 0.717) is 6.04 Å². The predicted octanol–water partition coefficient (Wildman–Crippen LogP) is 4.98. The van der Waals surface area contributed by atoms with E-state index in [4.69, 9.17) is 4.98 Å². The second-order valence-corrected chi connectivity index (χ2v) is 8.07. The van der Waals surface area contributed by atoms with E-state index in [1.165, 1.54) is 23.6 Å². The number of likely N-dealkylation sites (tertiary alicyclic amines) is 1. The van der Waals surface area contributed by atoms with Crippen LogP contribution < -0.4 is 0 Å². The highest BCUT2D eigenvalue weighted by Crippen LogP contribution is 2.33. The number of nitrogens with zero attached hydrogens (tertiary/aromatic N) is 4. The van der Waals surface area contributed by atoms with Gasteiger partial charge in [0, 0.05) is 30.5 Å². The maximum absolute atomic E-state index is 13.6. The summed E-state index contributed by atoms with van der Waals surface area (Å²) >= 11 is 0. The van der Waals surface area contributed by atoms with Crippen molar-refractivity contribution in [3.8, 4) is 0 Å². The average Bonchev–Trinajstić information content (AvgIpc) is 3.28. The third kappa shape index (κ3) is 4.56. The molecule has 3 aromatic rings. The molecule has 2 aromatic heterocycles. The Bertz CT molecular complexity index is 994. The largest absolute Gasteiger partial charge is 0.290 e. The SMILES string of the molecule is CCn1cc(CN2CCC[C@@H]2c2cc(Cc3cccc(F)c3)cc(C)n2)c(C)n1. The summed E-state index contributed by atoms with van der Waals surface area (Å²) in [6.07, 6.45) is 5.20. The van der Waals surface area contributed by atoms with Crippen LogP contribution in [0.15, 0.2) is 42.6 Å². The van der Waals surface area contributed by atoms with Crippen LogP contribution in [0.3, 0.4) is 0 Å². The summed E-state index contributed by atoms with van der Waals surface area (Å²) in [5, 5.41) is 4.59. The van der Waals surface area contributed by atoms with Crippen LogP contribution in [0.1, 0.15) is 59.6 Å². The summed E-state index contributed by atoms with van der Waals surface area (Å²) in [5.41, 5.74) is 6.76. The minimum absolute atomic E-state index is 0.182. The molecule has 4 rings (SSSR count). The topological polar surface area (TPSA) is 34.0 Å². The molecule has 0 amide bonds. The predicted molar refractivity (Wildman–Crippen MR) is 113 cm³/mol. The molecule has 0 unspecified atom stereocenters. The van der Waals surface area contributed by atoms with Gasteiger partial charge in [-0.15, -0.1) is 0 Å². The molecule has 1 fully saturated rings. The average molecular weight is 393 g/mol. The van der Waals surface area contributed by atoms with Crippen molar-refractivity contribution >= 4 is 0 Å². The van der Waals surface area contributed by atoms with E-state index in [-0.39, 0.29) is 5.82 Å². The molecule has 1 saturated heterocycles. The molecular weight excluding hydrogens is 363 g/mol. The van der Waals surface area contributed by atoms with E-state index in [1.54, 1.807) is 12.1 Å². The van der Waals surface area contributed by atoms with Crippen molar-refractivity contribution in [3.63, 3.8) is 0 Å². The van der Waals surface area contributed by atoms with Crippen molar-refractivity contribution in [2.24, 2.45) is 0 Å². The molecule has 0 saturated carbocycles. The zero-order valence-electron chi connectivity index (χ0n) is 17.5. The summed E-state index contributed by atoms with van der Waals surface area (Å²) in [4.78, 5) is 7.40.